The van der Waals surface area contributed by atoms with Gasteiger partial charge in [-0.1, -0.05) is 13.3 Å². The Kier molecular flexibility index (Phi) is 5.15. The van der Waals surface area contributed by atoms with E-state index in [1.165, 1.54) is 0 Å². The predicted octanol–water partition coefficient (Wildman–Crippen LogP) is 1.79. The van der Waals surface area contributed by atoms with Gasteiger partial charge in [0.2, 0.25) is 8.32 Å². The van der Waals surface area contributed by atoms with Crippen molar-refractivity contribution >= 4 is 20.3 Å². The molecule has 0 fully saturated rings. The molecule has 0 saturated carbocycles. The largest absolute Gasteiger partial charge is 0.517 e. The molecule has 0 amide bonds. The van der Waals surface area contributed by atoms with E-state index in [0.29, 0.717) is 0 Å². The highest BCUT2D eigenvalue weighted by atomic mass is 28.4. The lowest BCUT2D eigenvalue weighted by molar-refractivity contribution is -0.133. The van der Waals surface area contributed by atoms with Crippen LogP contribution in [0.5, 0.6) is 0 Å². The number of hydrogen-bond acceptors (Lipinski definition) is 3. The first-order chi connectivity index (χ1) is 6.37. The molecular formula is C9H16O4Si. The number of aliphatic carboxylic acids is 1. The van der Waals surface area contributed by atoms with Gasteiger partial charge in [-0.25, -0.2) is 9.59 Å². The number of rotatable bonds is 5. The summed E-state index contributed by atoms with van der Waals surface area (Å²) >= 11 is 0. The van der Waals surface area contributed by atoms with Crippen molar-refractivity contribution in [2.24, 2.45) is 0 Å². The van der Waals surface area contributed by atoms with Gasteiger partial charge in [-0.15, -0.1) is 0 Å². The minimum Gasteiger partial charge on any atom is -0.517 e. The van der Waals surface area contributed by atoms with E-state index in [9.17, 15) is 9.59 Å². The zero-order chi connectivity index (χ0) is 11.2. The summed E-state index contributed by atoms with van der Waals surface area (Å²) in [5.74, 6) is -1.70. The minimum absolute atomic E-state index is 0.558. The van der Waals surface area contributed by atoms with E-state index in [4.69, 9.17) is 9.53 Å². The maximum atomic E-state index is 11.1. The fourth-order valence-corrected chi connectivity index (χ4v) is 3.02. The molecule has 0 saturated heterocycles. The van der Waals surface area contributed by atoms with Crippen LogP contribution in [0.3, 0.4) is 0 Å². The van der Waals surface area contributed by atoms with E-state index in [1.807, 2.05) is 20.0 Å². The summed E-state index contributed by atoms with van der Waals surface area (Å²) < 4.78 is 5.18. The molecule has 5 heteroatoms. The molecule has 0 aliphatic heterocycles. The number of carboxylic acids is 1. The van der Waals surface area contributed by atoms with Gasteiger partial charge in [0.25, 0.3) is 0 Å². The quantitative estimate of drug-likeness (QED) is 0.562. The summed E-state index contributed by atoms with van der Waals surface area (Å²) in [6.07, 6.45) is 2.71. The third-order valence-corrected chi connectivity index (χ3v) is 4.05. The van der Waals surface area contributed by atoms with Crippen LogP contribution in [0, 0.1) is 0 Å². The first kappa shape index (κ1) is 12.9. The van der Waals surface area contributed by atoms with Crippen molar-refractivity contribution in [3.63, 3.8) is 0 Å². The molecule has 0 aliphatic carbocycles. The molecule has 4 nitrogen and oxygen atoms in total. The van der Waals surface area contributed by atoms with Crippen LogP contribution in [0.1, 0.15) is 13.3 Å². The van der Waals surface area contributed by atoms with Gasteiger partial charge in [0.1, 0.15) is 0 Å². The minimum atomic E-state index is -1.93. The SMILES string of the molecule is CCC[Si](C)(C)OC(=O)/C=C\C(=O)O. The van der Waals surface area contributed by atoms with E-state index < -0.39 is 20.3 Å². The van der Waals surface area contributed by atoms with E-state index in [0.717, 1.165) is 24.6 Å². The van der Waals surface area contributed by atoms with Crippen molar-refractivity contribution in [1.29, 1.82) is 0 Å². The summed E-state index contributed by atoms with van der Waals surface area (Å²) in [5, 5.41) is 8.28. The van der Waals surface area contributed by atoms with Crippen LogP contribution in [0.4, 0.5) is 0 Å². The van der Waals surface area contributed by atoms with Gasteiger partial charge in [-0.3, -0.25) is 0 Å². The summed E-state index contributed by atoms with van der Waals surface area (Å²) in [4.78, 5) is 21.2. The highest BCUT2D eigenvalue weighted by Gasteiger charge is 2.24. The lowest BCUT2D eigenvalue weighted by Crippen LogP contribution is -2.32. The molecule has 1 N–H and O–H groups in total. The van der Waals surface area contributed by atoms with Gasteiger partial charge in [0.05, 0.1) is 0 Å². The van der Waals surface area contributed by atoms with Crippen molar-refractivity contribution in [2.45, 2.75) is 32.5 Å². The Morgan fingerprint density at radius 3 is 2.36 bits per heavy atom. The van der Waals surface area contributed by atoms with Gasteiger partial charge < -0.3 is 9.53 Å². The van der Waals surface area contributed by atoms with E-state index >= 15 is 0 Å². The molecule has 0 radical (unpaired) electrons. The molecule has 0 atom stereocenters. The smallest absolute Gasteiger partial charge is 0.328 e. The number of carbonyl (C=O) groups is 2. The third kappa shape index (κ3) is 6.42. The maximum Gasteiger partial charge on any atom is 0.328 e. The number of carbonyl (C=O) groups excluding carboxylic acids is 1. The van der Waals surface area contributed by atoms with Gasteiger partial charge >= 0.3 is 11.9 Å². The molecule has 80 valence electrons. The van der Waals surface area contributed by atoms with Crippen molar-refractivity contribution in [2.75, 3.05) is 0 Å². The van der Waals surface area contributed by atoms with E-state index in [1.54, 1.807) is 0 Å². The fourth-order valence-electron chi connectivity index (χ4n) is 1.10. The highest BCUT2D eigenvalue weighted by molar-refractivity contribution is 6.72. The fraction of sp³-hybridized carbons (Fsp3) is 0.556. The Balaban J connectivity index is 4.11. The average Bonchev–Trinajstić information content (AvgIpc) is 1.99. The topological polar surface area (TPSA) is 63.6 Å². The van der Waals surface area contributed by atoms with Crippen LogP contribution < -0.4 is 0 Å². The predicted molar refractivity (Wildman–Crippen MR) is 55.4 cm³/mol. The van der Waals surface area contributed by atoms with Gasteiger partial charge in [-0.05, 0) is 19.1 Å². The number of carboxylic acid groups (broad SMARTS) is 1. The first-order valence-corrected chi connectivity index (χ1v) is 7.63. The molecule has 0 aromatic heterocycles. The normalized spacial score (nSPS) is 11.6. The molecule has 14 heavy (non-hydrogen) atoms. The van der Waals surface area contributed by atoms with Crippen molar-refractivity contribution in [3.05, 3.63) is 12.2 Å². The van der Waals surface area contributed by atoms with Gasteiger partial charge in [-0.2, -0.15) is 0 Å². The van der Waals surface area contributed by atoms with Gasteiger partial charge in [0.15, 0.2) is 0 Å². The van der Waals surface area contributed by atoms with Crippen LogP contribution in [-0.2, 0) is 14.0 Å². The molecule has 0 heterocycles. The Hall–Kier alpha value is -1.10. The molecule has 0 aromatic rings. The summed E-state index contributed by atoms with van der Waals surface area (Å²) in [6.45, 7) is 5.89. The second-order valence-electron chi connectivity index (χ2n) is 3.60. The van der Waals surface area contributed by atoms with Crippen LogP contribution in [0.15, 0.2) is 12.2 Å². The van der Waals surface area contributed by atoms with Crippen molar-refractivity contribution in [3.8, 4) is 0 Å². The van der Waals surface area contributed by atoms with Crippen molar-refractivity contribution < 1.29 is 19.1 Å². The lowest BCUT2D eigenvalue weighted by atomic mass is 10.5. The summed E-state index contributed by atoms with van der Waals surface area (Å²) in [5.41, 5.74) is 0. The van der Waals surface area contributed by atoms with Crippen LogP contribution in [0.2, 0.25) is 19.1 Å². The zero-order valence-electron chi connectivity index (χ0n) is 8.74. The lowest BCUT2D eigenvalue weighted by Gasteiger charge is -2.20. The van der Waals surface area contributed by atoms with Crippen LogP contribution >= 0.6 is 0 Å². The second-order valence-corrected chi connectivity index (χ2v) is 7.83. The number of hydrogen-bond donors (Lipinski definition) is 1. The maximum absolute atomic E-state index is 11.1. The molecular weight excluding hydrogens is 200 g/mol. The zero-order valence-corrected chi connectivity index (χ0v) is 9.74. The Bertz CT molecular complexity index is 245. The highest BCUT2D eigenvalue weighted by Crippen LogP contribution is 2.13. The monoisotopic (exact) mass is 216 g/mol. The Morgan fingerprint density at radius 1 is 1.36 bits per heavy atom. The Morgan fingerprint density at radius 2 is 1.93 bits per heavy atom. The standard InChI is InChI=1S/C9H16O4Si/c1-4-7-14(2,3)13-9(12)6-5-8(10)11/h5-6H,4,7H2,1-3H3,(H,10,11)/b6-5-. The van der Waals surface area contributed by atoms with E-state index in [2.05, 4.69) is 0 Å². The second kappa shape index (κ2) is 5.59. The Labute approximate surface area is 84.7 Å². The molecule has 0 bridgehead atoms. The van der Waals surface area contributed by atoms with Crippen molar-refractivity contribution in [1.82, 2.24) is 0 Å². The van der Waals surface area contributed by atoms with Crippen LogP contribution in [-0.4, -0.2) is 25.4 Å². The molecule has 0 spiro atoms. The summed E-state index contributed by atoms with van der Waals surface area (Å²) in [7, 11) is -1.93. The average molecular weight is 216 g/mol. The van der Waals surface area contributed by atoms with E-state index in [-0.39, 0.29) is 0 Å². The molecule has 0 aliphatic rings. The van der Waals surface area contributed by atoms with Crippen LogP contribution in [0.25, 0.3) is 0 Å². The van der Waals surface area contributed by atoms with Gasteiger partial charge in [0, 0.05) is 12.2 Å². The molecule has 0 aromatic carbocycles. The first-order valence-electron chi connectivity index (χ1n) is 4.51. The molecule has 0 unspecified atom stereocenters. The molecule has 0 rings (SSSR count). The summed E-state index contributed by atoms with van der Waals surface area (Å²) in [6, 6.07) is 0.889. The third-order valence-electron chi connectivity index (χ3n) is 1.59.